The first kappa shape index (κ1) is 14.3. The summed E-state index contributed by atoms with van der Waals surface area (Å²) >= 11 is 17.4. The molecule has 0 fully saturated rings. The zero-order valence-electron chi connectivity index (χ0n) is 11.0. The Morgan fingerprint density at radius 1 is 1.19 bits per heavy atom. The Morgan fingerprint density at radius 3 is 2.67 bits per heavy atom. The summed E-state index contributed by atoms with van der Waals surface area (Å²) in [6.45, 7) is 1.95. The number of fused-ring (bicyclic) bond motifs is 1. The van der Waals surface area contributed by atoms with E-state index in [9.17, 15) is 4.79 Å². The molecule has 1 aromatic heterocycles. The van der Waals surface area contributed by atoms with Crippen LogP contribution in [0.1, 0.15) is 5.56 Å². The molecule has 0 saturated carbocycles. The van der Waals surface area contributed by atoms with Crippen molar-refractivity contribution in [1.29, 1.82) is 0 Å². The molecule has 6 heteroatoms. The molecule has 21 heavy (non-hydrogen) atoms. The van der Waals surface area contributed by atoms with Crippen molar-refractivity contribution in [3.63, 3.8) is 0 Å². The van der Waals surface area contributed by atoms with Gasteiger partial charge in [-0.1, -0.05) is 35.3 Å². The molecule has 0 aliphatic rings. The standard InChI is InChI=1S/C15H10Cl2N2OS/c1-8-3-2-4-10(5-8)19-14(20)11-6-9(16)7-12(17)13(11)18-15(19)21/h2-7H,1H3,(H,18,21). The van der Waals surface area contributed by atoms with Gasteiger partial charge in [0.1, 0.15) is 0 Å². The molecule has 3 aromatic rings. The molecule has 0 amide bonds. The maximum absolute atomic E-state index is 12.7. The molecule has 0 aliphatic carbocycles. The van der Waals surface area contributed by atoms with Gasteiger partial charge in [0, 0.05) is 5.02 Å². The molecule has 2 aromatic carbocycles. The van der Waals surface area contributed by atoms with Crippen LogP contribution in [-0.4, -0.2) is 9.55 Å². The van der Waals surface area contributed by atoms with Gasteiger partial charge >= 0.3 is 0 Å². The lowest BCUT2D eigenvalue weighted by Crippen LogP contribution is -2.20. The van der Waals surface area contributed by atoms with Gasteiger partial charge in [-0.15, -0.1) is 0 Å². The fraction of sp³-hybridized carbons (Fsp3) is 0.0667. The Balaban J connectivity index is 2.45. The average molecular weight is 337 g/mol. The fourth-order valence-electron chi connectivity index (χ4n) is 2.25. The van der Waals surface area contributed by atoms with Crippen molar-refractivity contribution in [3.8, 4) is 5.69 Å². The summed E-state index contributed by atoms with van der Waals surface area (Å²) in [4.78, 5) is 15.7. The Kier molecular flexibility index (Phi) is 3.61. The first-order chi connectivity index (χ1) is 9.97. The Bertz CT molecular complexity index is 976. The zero-order chi connectivity index (χ0) is 15.1. The topological polar surface area (TPSA) is 37.8 Å². The largest absolute Gasteiger partial charge is 0.330 e. The highest BCUT2D eigenvalue weighted by molar-refractivity contribution is 7.71. The number of aryl methyl sites for hydroxylation is 1. The summed E-state index contributed by atoms with van der Waals surface area (Å²) in [6, 6.07) is 10.7. The van der Waals surface area contributed by atoms with Crippen LogP contribution in [0.4, 0.5) is 0 Å². The third-order valence-corrected chi connectivity index (χ3v) is 3.98. The number of aromatic amines is 1. The Morgan fingerprint density at radius 2 is 1.95 bits per heavy atom. The lowest BCUT2D eigenvalue weighted by Gasteiger charge is -2.10. The second kappa shape index (κ2) is 5.30. The van der Waals surface area contributed by atoms with E-state index in [-0.39, 0.29) is 5.56 Å². The number of nitrogens with one attached hydrogen (secondary N) is 1. The average Bonchev–Trinajstić information content (AvgIpc) is 2.40. The Labute approximate surface area is 135 Å². The molecular weight excluding hydrogens is 327 g/mol. The molecule has 0 unspecified atom stereocenters. The van der Waals surface area contributed by atoms with Crippen molar-refractivity contribution >= 4 is 46.3 Å². The zero-order valence-corrected chi connectivity index (χ0v) is 13.3. The summed E-state index contributed by atoms with van der Waals surface area (Å²) in [5.74, 6) is 0. The van der Waals surface area contributed by atoms with Crippen LogP contribution in [-0.2, 0) is 0 Å². The lowest BCUT2D eigenvalue weighted by atomic mass is 10.2. The van der Waals surface area contributed by atoms with Gasteiger partial charge in [-0.05, 0) is 49.0 Å². The summed E-state index contributed by atoms with van der Waals surface area (Å²) in [5.41, 5.74) is 2.00. The van der Waals surface area contributed by atoms with Gasteiger partial charge in [-0.3, -0.25) is 9.36 Å². The van der Waals surface area contributed by atoms with E-state index in [1.165, 1.54) is 4.57 Å². The van der Waals surface area contributed by atoms with E-state index in [0.717, 1.165) is 5.56 Å². The van der Waals surface area contributed by atoms with Crippen molar-refractivity contribution in [1.82, 2.24) is 9.55 Å². The highest BCUT2D eigenvalue weighted by Crippen LogP contribution is 2.24. The quantitative estimate of drug-likeness (QED) is 0.656. The van der Waals surface area contributed by atoms with E-state index in [1.54, 1.807) is 12.1 Å². The fourth-order valence-corrected chi connectivity index (χ4v) is 3.08. The number of hydrogen-bond donors (Lipinski definition) is 1. The molecule has 0 radical (unpaired) electrons. The highest BCUT2D eigenvalue weighted by Gasteiger charge is 2.11. The predicted octanol–water partition coefficient (Wildman–Crippen LogP) is 4.66. The molecule has 1 N–H and O–H groups in total. The van der Waals surface area contributed by atoms with Crippen molar-refractivity contribution in [3.05, 3.63) is 67.1 Å². The third kappa shape index (κ3) is 2.50. The minimum atomic E-state index is -0.247. The molecule has 106 valence electrons. The first-order valence-corrected chi connectivity index (χ1v) is 7.35. The van der Waals surface area contributed by atoms with Crippen LogP contribution in [0.15, 0.2) is 41.2 Å². The lowest BCUT2D eigenvalue weighted by molar-refractivity contribution is 0.938. The molecule has 0 spiro atoms. The van der Waals surface area contributed by atoms with Crippen LogP contribution in [0.2, 0.25) is 10.0 Å². The van der Waals surface area contributed by atoms with Crippen molar-refractivity contribution in [2.24, 2.45) is 0 Å². The van der Waals surface area contributed by atoms with Crippen LogP contribution in [0.3, 0.4) is 0 Å². The maximum Gasteiger partial charge on any atom is 0.266 e. The number of hydrogen-bond acceptors (Lipinski definition) is 2. The molecule has 0 saturated heterocycles. The van der Waals surface area contributed by atoms with Crippen LogP contribution in [0.5, 0.6) is 0 Å². The number of halogens is 2. The van der Waals surface area contributed by atoms with E-state index in [4.69, 9.17) is 35.4 Å². The normalized spacial score (nSPS) is 11.0. The molecule has 0 atom stereocenters. The maximum atomic E-state index is 12.7. The summed E-state index contributed by atoms with van der Waals surface area (Å²) < 4.78 is 1.74. The number of benzene rings is 2. The monoisotopic (exact) mass is 336 g/mol. The second-order valence-corrected chi connectivity index (χ2v) is 5.95. The van der Waals surface area contributed by atoms with E-state index < -0.39 is 0 Å². The number of aromatic nitrogens is 2. The summed E-state index contributed by atoms with van der Waals surface area (Å²) in [6.07, 6.45) is 0. The summed E-state index contributed by atoms with van der Waals surface area (Å²) in [5, 5.41) is 1.19. The minimum Gasteiger partial charge on any atom is -0.330 e. The predicted molar refractivity (Wildman–Crippen MR) is 89.5 cm³/mol. The van der Waals surface area contributed by atoms with E-state index in [0.29, 0.717) is 31.4 Å². The SMILES string of the molecule is Cc1cccc(-n2c(=S)[nH]c3c(Cl)cc(Cl)cc3c2=O)c1. The van der Waals surface area contributed by atoms with Gasteiger partial charge in [0.25, 0.3) is 5.56 Å². The van der Waals surface area contributed by atoms with Crippen molar-refractivity contribution in [2.45, 2.75) is 6.92 Å². The van der Waals surface area contributed by atoms with Gasteiger partial charge < -0.3 is 4.98 Å². The molecule has 3 rings (SSSR count). The van der Waals surface area contributed by atoms with Gasteiger partial charge in [0.2, 0.25) is 0 Å². The van der Waals surface area contributed by atoms with Gasteiger partial charge in [0.05, 0.1) is 21.6 Å². The van der Waals surface area contributed by atoms with Crippen molar-refractivity contribution in [2.75, 3.05) is 0 Å². The smallest absolute Gasteiger partial charge is 0.266 e. The van der Waals surface area contributed by atoms with Crippen molar-refractivity contribution < 1.29 is 0 Å². The minimum absolute atomic E-state index is 0.247. The van der Waals surface area contributed by atoms with E-state index in [2.05, 4.69) is 4.98 Å². The number of nitrogens with zero attached hydrogens (tertiary/aromatic N) is 1. The van der Waals surface area contributed by atoms with E-state index >= 15 is 0 Å². The highest BCUT2D eigenvalue weighted by atomic mass is 35.5. The molecule has 0 bridgehead atoms. The molecule has 1 heterocycles. The van der Waals surface area contributed by atoms with Gasteiger partial charge in [-0.25, -0.2) is 0 Å². The summed E-state index contributed by atoms with van der Waals surface area (Å²) in [7, 11) is 0. The van der Waals surface area contributed by atoms with E-state index in [1.807, 2.05) is 31.2 Å². The second-order valence-electron chi connectivity index (χ2n) is 4.72. The third-order valence-electron chi connectivity index (χ3n) is 3.18. The van der Waals surface area contributed by atoms with Gasteiger partial charge in [-0.2, -0.15) is 0 Å². The van der Waals surface area contributed by atoms with Crippen LogP contribution >= 0.6 is 35.4 Å². The first-order valence-electron chi connectivity index (χ1n) is 6.18. The number of H-pyrrole nitrogens is 1. The molecule has 3 nitrogen and oxygen atoms in total. The number of rotatable bonds is 1. The van der Waals surface area contributed by atoms with Gasteiger partial charge in [0.15, 0.2) is 4.77 Å². The van der Waals surface area contributed by atoms with Crippen LogP contribution < -0.4 is 5.56 Å². The molecule has 0 aliphatic heterocycles. The molecular formula is C15H10Cl2N2OS. The Hall–Kier alpha value is -1.62. The van der Waals surface area contributed by atoms with Crippen LogP contribution in [0, 0.1) is 11.7 Å². The van der Waals surface area contributed by atoms with Crippen LogP contribution in [0.25, 0.3) is 16.6 Å².